The molecule has 0 unspecified atom stereocenters. The van der Waals surface area contributed by atoms with Crippen LogP contribution >= 0.6 is 0 Å². The third kappa shape index (κ3) is 3.75. The van der Waals surface area contributed by atoms with E-state index in [9.17, 15) is 0 Å². The highest BCUT2D eigenvalue weighted by atomic mass is 14.0. The molecule has 0 heterocycles. The topological polar surface area (TPSA) is 0 Å². The van der Waals surface area contributed by atoms with Crippen LogP contribution in [0.2, 0.25) is 0 Å². The van der Waals surface area contributed by atoms with Gasteiger partial charge in [-0.3, -0.25) is 0 Å². The quantitative estimate of drug-likeness (QED) is 0.586. The second-order valence-electron chi connectivity index (χ2n) is 3.04. The molecular weight excluding hydrogens is 156 g/mol. The number of benzene rings is 1. The monoisotopic (exact) mass is 174 g/mol. The first-order chi connectivity index (χ1) is 5.70. The molecule has 0 amide bonds. The van der Waals surface area contributed by atoms with Gasteiger partial charge in [0.1, 0.15) is 0 Å². The van der Waals surface area contributed by atoms with E-state index >= 15 is 0 Å². The molecule has 0 fully saturated rings. The van der Waals surface area contributed by atoms with E-state index < -0.39 is 0 Å². The minimum Gasteiger partial charge on any atom is -0.0961 e. The van der Waals surface area contributed by atoms with Crippen LogP contribution in [0.3, 0.4) is 0 Å². The number of allylic oxidation sites excluding steroid dienone is 3. The van der Waals surface area contributed by atoms with Crippen molar-refractivity contribution in [1.82, 2.24) is 0 Å². The lowest BCUT2D eigenvalue weighted by molar-refractivity contribution is 1.51. The normalized spacial score (nSPS) is 10.5. The molecule has 0 nitrogen and oxygen atoms in total. The highest BCUT2D eigenvalue weighted by molar-refractivity contribution is 5.65. The summed E-state index contributed by atoms with van der Waals surface area (Å²) in [6, 6.07) is 10.3. The Kier molecular flexibility index (Phi) is 4.83. The molecule has 1 aromatic rings. The fourth-order valence-corrected chi connectivity index (χ4v) is 1.15. The van der Waals surface area contributed by atoms with Gasteiger partial charge >= 0.3 is 0 Å². The number of hydrogen-bond donors (Lipinski definition) is 0. The largest absolute Gasteiger partial charge is 0.0961 e. The Hall–Kier alpha value is -1.30. The Morgan fingerprint density at radius 3 is 2.15 bits per heavy atom. The van der Waals surface area contributed by atoms with E-state index in [1.807, 2.05) is 25.1 Å². The SMILES string of the molecule is C.C=C(C)/C=C(\C)c1ccccc1. The zero-order valence-electron chi connectivity index (χ0n) is 7.67. The standard InChI is InChI=1S/C12H14.CH4/c1-10(2)9-11(3)12-7-5-4-6-8-12;/h4-9H,1H2,2-3H3;1H4/b11-9+;. The maximum absolute atomic E-state index is 3.84. The van der Waals surface area contributed by atoms with Crippen LogP contribution in [0.4, 0.5) is 0 Å². The number of hydrogen-bond acceptors (Lipinski definition) is 0. The van der Waals surface area contributed by atoms with Crippen molar-refractivity contribution in [3.8, 4) is 0 Å². The van der Waals surface area contributed by atoms with Crippen molar-refractivity contribution in [2.75, 3.05) is 0 Å². The van der Waals surface area contributed by atoms with E-state index in [1.54, 1.807) is 0 Å². The molecular formula is C13H18. The average Bonchev–Trinajstić information content (AvgIpc) is 2.05. The van der Waals surface area contributed by atoms with E-state index in [2.05, 4.69) is 31.7 Å². The van der Waals surface area contributed by atoms with Crippen molar-refractivity contribution in [3.05, 3.63) is 54.1 Å². The van der Waals surface area contributed by atoms with Crippen molar-refractivity contribution >= 4 is 5.57 Å². The van der Waals surface area contributed by atoms with Crippen LogP contribution in [-0.4, -0.2) is 0 Å². The van der Waals surface area contributed by atoms with Gasteiger partial charge in [0, 0.05) is 0 Å². The first kappa shape index (κ1) is 11.7. The molecule has 0 N–H and O–H groups in total. The van der Waals surface area contributed by atoms with E-state index in [0.29, 0.717) is 0 Å². The predicted molar refractivity (Wildman–Crippen MR) is 61.6 cm³/mol. The Morgan fingerprint density at radius 2 is 1.69 bits per heavy atom. The van der Waals surface area contributed by atoms with Gasteiger partial charge in [-0.1, -0.05) is 56.0 Å². The maximum atomic E-state index is 3.84. The summed E-state index contributed by atoms with van der Waals surface area (Å²) in [5.41, 5.74) is 3.62. The second kappa shape index (κ2) is 5.36. The minimum atomic E-state index is 0. The van der Waals surface area contributed by atoms with Gasteiger partial charge in [0.2, 0.25) is 0 Å². The second-order valence-corrected chi connectivity index (χ2v) is 3.04. The van der Waals surface area contributed by atoms with E-state index in [0.717, 1.165) is 5.57 Å². The summed E-state index contributed by atoms with van der Waals surface area (Å²) < 4.78 is 0. The Bertz CT molecular complexity index is 291. The van der Waals surface area contributed by atoms with Crippen molar-refractivity contribution in [2.45, 2.75) is 21.3 Å². The molecule has 1 aromatic carbocycles. The fourth-order valence-electron chi connectivity index (χ4n) is 1.15. The van der Waals surface area contributed by atoms with Crippen molar-refractivity contribution in [2.24, 2.45) is 0 Å². The fraction of sp³-hybridized carbons (Fsp3) is 0.231. The van der Waals surface area contributed by atoms with Gasteiger partial charge in [-0.05, 0) is 25.0 Å². The molecule has 0 aliphatic carbocycles. The van der Waals surface area contributed by atoms with Crippen molar-refractivity contribution < 1.29 is 0 Å². The highest BCUT2D eigenvalue weighted by Gasteiger charge is 1.91. The maximum Gasteiger partial charge on any atom is -0.0227 e. The van der Waals surface area contributed by atoms with Crippen molar-refractivity contribution in [1.29, 1.82) is 0 Å². The van der Waals surface area contributed by atoms with Gasteiger partial charge in [0.05, 0.1) is 0 Å². The molecule has 0 aromatic heterocycles. The average molecular weight is 174 g/mol. The van der Waals surface area contributed by atoms with Crippen LogP contribution in [0.25, 0.3) is 5.57 Å². The van der Waals surface area contributed by atoms with Gasteiger partial charge in [0.15, 0.2) is 0 Å². The van der Waals surface area contributed by atoms with Gasteiger partial charge in [-0.25, -0.2) is 0 Å². The van der Waals surface area contributed by atoms with E-state index in [-0.39, 0.29) is 7.43 Å². The lowest BCUT2D eigenvalue weighted by Gasteiger charge is -1.99. The Labute approximate surface area is 81.6 Å². The molecule has 0 spiro atoms. The summed E-state index contributed by atoms with van der Waals surface area (Å²) in [5.74, 6) is 0. The van der Waals surface area contributed by atoms with Gasteiger partial charge in [0.25, 0.3) is 0 Å². The molecule has 0 radical (unpaired) electrons. The molecule has 0 saturated carbocycles. The molecule has 0 aliphatic rings. The number of rotatable bonds is 2. The summed E-state index contributed by atoms with van der Waals surface area (Å²) in [4.78, 5) is 0. The summed E-state index contributed by atoms with van der Waals surface area (Å²) in [5, 5.41) is 0. The smallest absolute Gasteiger partial charge is 0.0227 e. The predicted octanol–water partition coefficient (Wildman–Crippen LogP) is 4.30. The van der Waals surface area contributed by atoms with E-state index in [1.165, 1.54) is 11.1 Å². The first-order valence-corrected chi connectivity index (χ1v) is 4.09. The summed E-state index contributed by atoms with van der Waals surface area (Å²) in [6.07, 6.45) is 2.09. The third-order valence-electron chi connectivity index (χ3n) is 1.69. The molecule has 0 aliphatic heterocycles. The lowest BCUT2D eigenvalue weighted by atomic mass is 10.1. The first-order valence-electron chi connectivity index (χ1n) is 4.09. The summed E-state index contributed by atoms with van der Waals surface area (Å²) >= 11 is 0. The van der Waals surface area contributed by atoms with Gasteiger partial charge in [-0.15, -0.1) is 0 Å². The molecule has 0 bridgehead atoms. The molecule has 0 saturated heterocycles. The Morgan fingerprint density at radius 1 is 1.15 bits per heavy atom. The Balaban J connectivity index is 0.00000144. The molecule has 0 heteroatoms. The zero-order chi connectivity index (χ0) is 8.97. The molecule has 0 atom stereocenters. The van der Waals surface area contributed by atoms with Crippen LogP contribution in [0.15, 0.2) is 48.6 Å². The zero-order valence-corrected chi connectivity index (χ0v) is 7.67. The third-order valence-corrected chi connectivity index (χ3v) is 1.69. The van der Waals surface area contributed by atoms with Crippen LogP contribution in [0, 0.1) is 0 Å². The molecule has 70 valence electrons. The molecule has 1 rings (SSSR count). The van der Waals surface area contributed by atoms with E-state index in [4.69, 9.17) is 0 Å². The van der Waals surface area contributed by atoms with Gasteiger partial charge < -0.3 is 0 Å². The molecule has 13 heavy (non-hydrogen) atoms. The van der Waals surface area contributed by atoms with Crippen LogP contribution in [0.5, 0.6) is 0 Å². The van der Waals surface area contributed by atoms with Crippen LogP contribution in [0.1, 0.15) is 26.8 Å². The highest BCUT2D eigenvalue weighted by Crippen LogP contribution is 2.14. The van der Waals surface area contributed by atoms with Gasteiger partial charge in [-0.2, -0.15) is 0 Å². The summed E-state index contributed by atoms with van der Waals surface area (Å²) in [6.45, 7) is 7.95. The van der Waals surface area contributed by atoms with Crippen molar-refractivity contribution in [3.63, 3.8) is 0 Å². The minimum absolute atomic E-state index is 0. The van der Waals surface area contributed by atoms with Crippen LogP contribution in [-0.2, 0) is 0 Å². The lowest BCUT2D eigenvalue weighted by Crippen LogP contribution is -1.77. The van der Waals surface area contributed by atoms with Crippen LogP contribution < -0.4 is 0 Å². The summed E-state index contributed by atoms with van der Waals surface area (Å²) in [7, 11) is 0.